The number of hydrogen-bond acceptors (Lipinski definition) is 2. The third-order valence-electron chi connectivity index (χ3n) is 4.45. The number of hydrogen-bond donors (Lipinski definition) is 0. The zero-order valence-corrected chi connectivity index (χ0v) is 13.9. The van der Waals surface area contributed by atoms with E-state index in [4.69, 9.17) is 0 Å². The van der Waals surface area contributed by atoms with Crippen LogP contribution in [-0.4, -0.2) is 9.61 Å². The van der Waals surface area contributed by atoms with E-state index in [1.165, 1.54) is 16.7 Å². The highest BCUT2D eigenvalue weighted by Gasteiger charge is 2.44. The molecule has 1 aromatic carbocycles. The lowest BCUT2D eigenvalue weighted by molar-refractivity contribution is 0.909. The molecule has 1 aliphatic carbocycles. The highest BCUT2D eigenvalue weighted by atomic mass is 15.2. The van der Waals surface area contributed by atoms with E-state index >= 15 is 0 Å². The molecule has 116 valence electrons. The summed E-state index contributed by atoms with van der Waals surface area (Å²) in [5.41, 5.74) is 5.61. The summed E-state index contributed by atoms with van der Waals surface area (Å²) >= 11 is 0. The summed E-state index contributed by atoms with van der Waals surface area (Å²) in [7, 11) is 0. The minimum atomic E-state index is -0.204. The van der Waals surface area contributed by atoms with Crippen LogP contribution in [0.1, 0.15) is 37.8 Å². The van der Waals surface area contributed by atoms with Crippen LogP contribution in [0.5, 0.6) is 0 Å². The first-order valence-corrected chi connectivity index (χ1v) is 8.18. The maximum atomic E-state index is 9.26. The molecule has 0 saturated heterocycles. The third kappa shape index (κ3) is 2.61. The van der Waals surface area contributed by atoms with Crippen molar-refractivity contribution in [1.29, 1.82) is 5.26 Å². The van der Waals surface area contributed by atoms with Crippen molar-refractivity contribution in [3.8, 4) is 17.2 Å². The maximum absolute atomic E-state index is 9.26. The van der Waals surface area contributed by atoms with Gasteiger partial charge in [0.15, 0.2) is 0 Å². The van der Waals surface area contributed by atoms with Crippen molar-refractivity contribution in [2.24, 2.45) is 0 Å². The number of fused-ring (bicyclic) bond motifs is 1. The van der Waals surface area contributed by atoms with Crippen molar-refractivity contribution < 1.29 is 0 Å². The second kappa shape index (κ2) is 5.89. The quantitative estimate of drug-likeness (QED) is 0.676. The fourth-order valence-electron chi connectivity index (χ4n) is 2.85. The number of aromatic nitrogens is 2. The molecule has 1 saturated carbocycles. The van der Waals surface area contributed by atoms with Gasteiger partial charge in [-0.3, -0.25) is 0 Å². The molecule has 3 aromatic rings. The summed E-state index contributed by atoms with van der Waals surface area (Å²) in [6.07, 6.45) is 5.85. The lowest BCUT2D eigenvalue weighted by Gasteiger charge is -2.08. The SMILES string of the molecule is CC.Cc1cnn2ccc(-c3ccc(C4(C#N)CC4)cc3)cc12. The van der Waals surface area contributed by atoms with Crippen LogP contribution in [0.2, 0.25) is 0 Å². The minimum absolute atomic E-state index is 0.204. The summed E-state index contributed by atoms with van der Waals surface area (Å²) in [6.45, 7) is 6.07. The molecule has 23 heavy (non-hydrogen) atoms. The Morgan fingerprint density at radius 3 is 2.39 bits per heavy atom. The second-order valence-corrected chi connectivity index (χ2v) is 5.84. The highest BCUT2D eigenvalue weighted by Crippen LogP contribution is 2.47. The van der Waals surface area contributed by atoms with Crippen molar-refractivity contribution in [3.05, 3.63) is 59.9 Å². The van der Waals surface area contributed by atoms with Crippen molar-refractivity contribution in [3.63, 3.8) is 0 Å². The van der Waals surface area contributed by atoms with E-state index in [1.54, 1.807) is 0 Å². The van der Waals surface area contributed by atoms with Gasteiger partial charge in [-0.15, -0.1) is 0 Å². The standard InChI is InChI=1S/C18H15N3.C2H6/c1-13-11-20-21-9-6-15(10-17(13)21)14-2-4-16(5-3-14)18(12-19)7-8-18;1-2/h2-6,9-11H,7-8H2,1H3;1-2H3. The largest absolute Gasteiger partial charge is 0.241 e. The van der Waals surface area contributed by atoms with Crippen LogP contribution in [0.15, 0.2) is 48.8 Å². The van der Waals surface area contributed by atoms with Crippen LogP contribution in [0.25, 0.3) is 16.6 Å². The Bertz CT molecular complexity index is 862. The van der Waals surface area contributed by atoms with Crippen LogP contribution in [0.4, 0.5) is 0 Å². The molecule has 0 unspecified atom stereocenters. The zero-order valence-electron chi connectivity index (χ0n) is 13.9. The minimum Gasteiger partial charge on any atom is -0.241 e. The Balaban J connectivity index is 0.000000753. The van der Waals surface area contributed by atoms with E-state index < -0.39 is 0 Å². The van der Waals surface area contributed by atoms with Gasteiger partial charge >= 0.3 is 0 Å². The lowest BCUT2D eigenvalue weighted by atomic mass is 9.95. The average Bonchev–Trinajstić information content (AvgIpc) is 3.35. The van der Waals surface area contributed by atoms with Gasteiger partial charge in [0.05, 0.1) is 23.2 Å². The summed E-state index contributed by atoms with van der Waals surface area (Å²) in [5.74, 6) is 0. The van der Waals surface area contributed by atoms with Crippen molar-refractivity contribution in [1.82, 2.24) is 9.61 Å². The molecule has 3 heteroatoms. The van der Waals surface area contributed by atoms with Gasteiger partial charge < -0.3 is 0 Å². The Morgan fingerprint density at radius 1 is 1.09 bits per heavy atom. The van der Waals surface area contributed by atoms with Crippen LogP contribution in [-0.2, 0) is 5.41 Å². The van der Waals surface area contributed by atoms with Gasteiger partial charge in [-0.05, 0) is 54.2 Å². The first-order chi connectivity index (χ1) is 11.2. The van der Waals surface area contributed by atoms with Crippen molar-refractivity contribution in [2.75, 3.05) is 0 Å². The summed E-state index contributed by atoms with van der Waals surface area (Å²) in [6, 6.07) is 15.1. The smallest absolute Gasteiger partial charge is 0.0823 e. The van der Waals surface area contributed by atoms with Crippen LogP contribution >= 0.6 is 0 Å². The molecule has 0 radical (unpaired) electrons. The summed E-state index contributed by atoms with van der Waals surface area (Å²) in [5, 5.41) is 13.6. The van der Waals surface area contributed by atoms with E-state index in [1.807, 2.05) is 30.8 Å². The van der Waals surface area contributed by atoms with Gasteiger partial charge in [-0.25, -0.2) is 4.52 Å². The average molecular weight is 303 g/mol. The molecule has 0 bridgehead atoms. The Labute approximate surface area is 137 Å². The van der Waals surface area contributed by atoms with Crippen LogP contribution in [0.3, 0.4) is 0 Å². The van der Waals surface area contributed by atoms with E-state index in [0.717, 1.165) is 23.9 Å². The molecule has 3 nitrogen and oxygen atoms in total. The Hall–Kier alpha value is -2.60. The van der Waals surface area contributed by atoms with E-state index in [2.05, 4.69) is 54.5 Å². The van der Waals surface area contributed by atoms with Crippen molar-refractivity contribution >= 4 is 5.52 Å². The number of nitriles is 1. The van der Waals surface area contributed by atoms with Gasteiger partial charge in [0.1, 0.15) is 0 Å². The number of pyridine rings is 1. The van der Waals surface area contributed by atoms with Gasteiger partial charge in [0.2, 0.25) is 0 Å². The second-order valence-electron chi connectivity index (χ2n) is 5.84. The van der Waals surface area contributed by atoms with E-state index in [9.17, 15) is 5.26 Å². The van der Waals surface area contributed by atoms with E-state index in [-0.39, 0.29) is 5.41 Å². The topological polar surface area (TPSA) is 41.1 Å². The van der Waals surface area contributed by atoms with Gasteiger partial charge in [0.25, 0.3) is 0 Å². The van der Waals surface area contributed by atoms with Gasteiger partial charge in [0, 0.05) is 6.20 Å². The number of rotatable bonds is 2. The van der Waals surface area contributed by atoms with Gasteiger partial charge in [-0.1, -0.05) is 38.1 Å². The normalized spacial score (nSPS) is 14.7. The summed E-state index contributed by atoms with van der Waals surface area (Å²) in [4.78, 5) is 0. The lowest BCUT2D eigenvalue weighted by Crippen LogP contribution is -2.01. The van der Waals surface area contributed by atoms with Crippen LogP contribution < -0.4 is 0 Å². The molecule has 1 aliphatic rings. The fourth-order valence-corrected chi connectivity index (χ4v) is 2.85. The third-order valence-corrected chi connectivity index (χ3v) is 4.45. The fraction of sp³-hybridized carbons (Fsp3) is 0.300. The monoisotopic (exact) mass is 303 g/mol. The highest BCUT2D eigenvalue weighted by molar-refractivity contribution is 5.70. The maximum Gasteiger partial charge on any atom is 0.0823 e. The summed E-state index contributed by atoms with van der Waals surface area (Å²) < 4.78 is 1.89. The van der Waals surface area contributed by atoms with E-state index in [0.29, 0.717) is 0 Å². The number of benzene rings is 1. The first-order valence-electron chi connectivity index (χ1n) is 8.18. The molecule has 0 N–H and O–H groups in total. The molecule has 1 fully saturated rings. The molecule has 0 spiro atoms. The molecule has 0 aliphatic heterocycles. The van der Waals surface area contributed by atoms with Crippen LogP contribution in [0, 0.1) is 18.3 Å². The molecule has 2 heterocycles. The predicted octanol–water partition coefficient (Wildman–Crippen LogP) is 4.89. The molecular weight excluding hydrogens is 282 g/mol. The molecular formula is C20H21N3. The molecule has 0 amide bonds. The Kier molecular flexibility index (Phi) is 3.92. The van der Waals surface area contributed by atoms with Gasteiger partial charge in [-0.2, -0.15) is 10.4 Å². The molecule has 2 aromatic heterocycles. The molecule has 4 rings (SSSR count). The number of nitrogens with zero attached hydrogens (tertiary/aromatic N) is 3. The number of aryl methyl sites for hydroxylation is 1. The molecule has 0 atom stereocenters. The predicted molar refractivity (Wildman–Crippen MR) is 93.2 cm³/mol. The Morgan fingerprint density at radius 2 is 1.78 bits per heavy atom. The zero-order chi connectivity index (χ0) is 16.4. The first kappa shape index (κ1) is 15.3. The van der Waals surface area contributed by atoms with Crippen molar-refractivity contribution in [2.45, 2.75) is 39.0 Å².